The van der Waals surface area contributed by atoms with E-state index >= 15 is 0 Å². The summed E-state index contributed by atoms with van der Waals surface area (Å²) < 4.78 is 6.85. The zero-order chi connectivity index (χ0) is 26.4. The van der Waals surface area contributed by atoms with Gasteiger partial charge < -0.3 is 19.8 Å². The molecule has 0 radical (unpaired) electrons. The second-order valence-electron chi connectivity index (χ2n) is 7.65. The standard InChI is InChI=1S/C14H9Cl2NO.C8H5BrClN.C6H5ClO/c15-9-7-12-10(5-6-17-12)14(8-9)18-13-4-2-1-3-11(13)16;9-7-3-5(10)4-8-6(7)1-2-11-8;7-5-3-1-2-4-6(5)8/h1-8,17H;1-4,11H;1-4,8H. The smallest absolute Gasteiger partial charge is 0.146 e. The summed E-state index contributed by atoms with van der Waals surface area (Å²) in [6.45, 7) is 0. The zero-order valence-corrected chi connectivity index (χ0v) is 23.6. The predicted octanol–water partition coefficient (Wildman–Crippen LogP) is 10.9. The Morgan fingerprint density at radius 2 is 1.19 bits per heavy atom. The van der Waals surface area contributed by atoms with Crippen LogP contribution in [0.3, 0.4) is 0 Å². The lowest BCUT2D eigenvalue weighted by Gasteiger charge is -2.09. The van der Waals surface area contributed by atoms with Crippen LogP contribution in [0.5, 0.6) is 17.2 Å². The van der Waals surface area contributed by atoms with E-state index in [-0.39, 0.29) is 5.75 Å². The number of phenols is 1. The molecule has 0 saturated carbocycles. The number of nitrogens with one attached hydrogen (secondary N) is 2. The number of hydrogen-bond donors (Lipinski definition) is 3. The molecule has 0 saturated heterocycles. The van der Waals surface area contributed by atoms with E-state index < -0.39 is 0 Å². The van der Waals surface area contributed by atoms with Gasteiger partial charge in [-0.3, -0.25) is 0 Å². The van der Waals surface area contributed by atoms with Gasteiger partial charge in [0, 0.05) is 49.3 Å². The number of rotatable bonds is 2. The second kappa shape index (κ2) is 12.6. The number of aromatic hydroxyl groups is 1. The van der Waals surface area contributed by atoms with Crippen molar-refractivity contribution in [3.63, 3.8) is 0 Å². The summed E-state index contributed by atoms with van der Waals surface area (Å²) in [5.41, 5.74) is 1.99. The molecule has 2 heterocycles. The predicted molar refractivity (Wildman–Crippen MR) is 159 cm³/mol. The van der Waals surface area contributed by atoms with Crippen LogP contribution in [0.1, 0.15) is 0 Å². The van der Waals surface area contributed by atoms with Gasteiger partial charge in [-0.25, -0.2) is 0 Å². The molecule has 0 unspecified atom stereocenters. The zero-order valence-electron chi connectivity index (χ0n) is 19.0. The van der Waals surface area contributed by atoms with Crippen molar-refractivity contribution in [1.29, 1.82) is 0 Å². The maximum Gasteiger partial charge on any atom is 0.146 e. The number of H-pyrrole nitrogens is 2. The fourth-order valence-electron chi connectivity index (χ4n) is 3.37. The number of phenolic OH excluding ortho intramolecular Hbond substituents is 1. The van der Waals surface area contributed by atoms with Crippen molar-refractivity contribution in [1.82, 2.24) is 9.97 Å². The normalized spacial score (nSPS) is 10.4. The van der Waals surface area contributed by atoms with Crippen LogP contribution in [0.15, 0.2) is 102 Å². The van der Waals surface area contributed by atoms with Crippen molar-refractivity contribution in [3.8, 4) is 17.2 Å². The van der Waals surface area contributed by atoms with Crippen LogP contribution in [-0.4, -0.2) is 15.1 Å². The molecule has 9 heteroatoms. The van der Waals surface area contributed by atoms with Crippen molar-refractivity contribution in [3.05, 3.63) is 122 Å². The number of halogens is 5. The van der Waals surface area contributed by atoms with Crippen molar-refractivity contribution in [2.75, 3.05) is 0 Å². The maximum absolute atomic E-state index is 8.79. The quantitative estimate of drug-likeness (QED) is 0.177. The van der Waals surface area contributed by atoms with E-state index in [9.17, 15) is 0 Å². The lowest BCUT2D eigenvalue weighted by molar-refractivity contribution is 0.475. The molecular weight excluding hydrogens is 618 g/mol. The van der Waals surface area contributed by atoms with Crippen molar-refractivity contribution >= 4 is 84.1 Å². The number of aromatic amines is 2. The summed E-state index contributed by atoms with van der Waals surface area (Å²) in [4.78, 5) is 6.19. The van der Waals surface area contributed by atoms with Gasteiger partial charge in [0.15, 0.2) is 0 Å². The molecule has 188 valence electrons. The number of aromatic nitrogens is 2. The van der Waals surface area contributed by atoms with Gasteiger partial charge in [0.1, 0.15) is 17.2 Å². The van der Waals surface area contributed by atoms with E-state index in [0.29, 0.717) is 26.6 Å². The minimum absolute atomic E-state index is 0.133. The Balaban J connectivity index is 0.000000143. The molecule has 0 amide bonds. The Bertz CT molecular complexity index is 1630. The summed E-state index contributed by atoms with van der Waals surface area (Å²) in [6.07, 6.45) is 3.74. The molecular formula is C28H19BrCl4N2O2. The number of fused-ring (bicyclic) bond motifs is 2. The maximum atomic E-state index is 8.79. The highest BCUT2D eigenvalue weighted by Crippen LogP contribution is 2.35. The van der Waals surface area contributed by atoms with E-state index in [1.54, 1.807) is 36.4 Å². The molecule has 4 nitrogen and oxygen atoms in total. The van der Waals surface area contributed by atoms with Crippen LogP contribution < -0.4 is 4.74 Å². The summed E-state index contributed by atoms with van der Waals surface area (Å²) in [5.74, 6) is 1.44. The average molecular weight is 637 g/mol. The minimum Gasteiger partial charge on any atom is -0.506 e. The van der Waals surface area contributed by atoms with Gasteiger partial charge in [-0.05, 0) is 54.6 Å². The van der Waals surface area contributed by atoms with E-state index in [2.05, 4.69) is 25.9 Å². The Kier molecular flexibility index (Phi) is 9.30. The highest BCUT2D eigenvalue weighted by molar-refractivity contribution is 9.10. The Hall–Kier alpha value is -2.80. The van der Waals surface area contributed by atoms with E-state index in [0.717, 1.165) is 31.3 Å². The fraction of sp³-hybridized carbons (Fsp3) is 0. The first-order chi connectivity index (χ1) is 17.8. The van der Waals surface area contributed by atoms with Crippen LogP contribution in [-0.2, 0) is 0 Å². The molecule has 0 atom stereocenters. The average Bonchev–Trinajstić information content (AvgIpc) is 3.53. The largest absolute Gasteiger partial charge is 0.506 e. The van der Waals surface area contributed by atoms with Gasteiger partial charge >= 0.3 is 0 Å². The van der Waals surface area contributed by atoms with Gasteiger partial charge in [-0.15, -0.1) is 0 Å². The number of benzene rings is 4. The summed E-state index contributed by atoms with van der Waals surface area (Å²) in [6, 6.07) is 25.4. The molecule has 0 fully saturated rings. The molecule has 6 rings (SSSR count). The highest BCUT2D eigenvalue weighted by Gasteiger charge is 2.08. The molecule has 0 aliphatic rings. The van der Waals surface area contributed by atoms with Crippen LogP contribution in [0.2, 0.25) is 20.1 Å². The molecule has 0 bridgehead atoms. The van der Waals surface area contributed by atoms with E-state index in [1.807, 2.05) is 60.9 Å². The molecule has 0 aliphatic heterocycles. The lowest BCUT2D eigenvalue weighted by atomic mass is 10.2. The first kappa shape index (κ1) is 27.2. The number of hydrogen-bond acceptors (Lipinski definition) is 2. The molecule has 6 aromatic rings. The summed E-state index contributed by atoms with van der Waals surface area (Å²) in [5, 5.41) is 13.2. The topological polar surface area (TPSA) is 61.0 Å². The van der Waals surface area contributed by atoms with Crippen LogP contribution >= 0.6 is 62.3 Å². The Morgan fingerprint density at radius 1 is 0.622 bits per heavy atom. The van der Waals surface area contributed by atoms with E-state index in [4.69, 9.17) is 56.2 Å². The third-order valence-corrected chi connectivity index (χ3v) is 6.81. The number of para-hydroxylation sites is 2. The van der Waals surface area contributed by atoms with E-state index in [1.165, 1.54) is 0 Å². The summed E-state index contributed by atoms with van der Waals surface area (Å²) >= 11 is 26.8. The molecule has 0 spiro atoms. The molecule has 4 aromatic carbocycles. The van der Waals surface area contributed by atoms with Gasteiger partial charge in [0.25, 0.3) is 0 Å². The second-order valence-corrected chi connectivity index (χ2v) is 10.2. The van der Waals surface area contributed by atoms with Gasteiger partial charge in [-0.2, -0.15) is 0 Å². The third kappa shape index (κ3) is 7.16. The number of ether oxygens (including phenoxy) is 1. The van der Waals surface area contributed by atoms with Gasteiger partial charge in [-0.1, -0.05) is 86.6 Å². The highest BCUT2D eigenvalue weighted by atomic mass is 79.9. The van der Waals surface area contributed by atoms with Crippen LogP contribution in [0, 0.1) is 0 Å². The SMILES string of the molecule is Clc1cc(Br)c2cc[nH]c2c1.Clc1cc(Oc2ccccc2Cl)c2cc[nH]c2c1.Oc1ccccc1Cl. The first-order valence-electron chi connectivity index (χ1n) is 10.9. The fourth-order valence-corrected chi connectivity index (χ4v) is 4.83. The molecule has 3 N–H and O–H groups in total. The van der Waals surface area contributed by atoms with Crippen molar-refractivity contribution in [2.45, 2.75) is 0 Å². The van der Waals surface area contributed by atoms with Crippen LogP contribution in [0.25, 0.3) is 21.8 Å². The monoisotopic (exact) mass is 634 g/mol. The van der Waals surface area contributed by atoms with Crippen molar-refractivity contribution in [2.24, 2.45) is 0 Å². The molecule has 2 aromatic heterocycles. The van der Waals surface area contributed by atoms with Crippen molar-refractivity contribution < 1.29 is 9.84 Å². The molecule has 37 heavy (non-hydrogen) atoms. The molecule has 0 aliphatic carbocycles. The Morgan fingerprint density at radius 3 is 1.81 bits per heavy atom. The minimum atomic E-state index is 0.133. The summed E-state index contributed by atoms with van der Waals surface area (Å²) in [7, 11) is 0. The Labute approximate surface area is 241 Å². The lowest BCUT2D eigenvalue weighted by Crippen LogP contribution is -1.86. The first-order valence-corrected chi connectivity index (χ1v) is 13.2. The van der Waals surface area contributed by atoms with Gasteiger partial charge in [0.2, 0.25) is 0 Å². The van der Waals surface area contributed by atoms with Gasteiger partial charge in [0.05, 0.1) is 15.6 Å². The third-order valence-electron chi connectivity index (χ3n) is 5.09. The van der Waals surface area contributed by atoms with Crippen LogP contribution in [0.4, 0.5) is 0 Å².